The molecule has 16 heavy (non-hydrogen) atoms. The second-order valence-electron chi connectivity index (χ2n) is 3.46. The summed E-state index contributed by atoms with van der Waals surface area (Å²) in [5.41, 5.74) is 7.41. The zero-order valence-corrected chi connectivity index (χ0v) is 9.58. The first kappa shape index (κ1) is 11.0. The Bertz CT molecular complexity index is 496. The Labute approximate surface area is 98.4 Å². The van der Waals surface area contributed by atoms with Crippen LogP contribution in [-0.2, 0) is 6.54 Å². The monoisotopic (exact) mass is 237 g/mol. The first-order valence-corrected chi connectivity index (χ1v) is 5.25. The molecule has 0 spiro atoms. The summed E-state index contributed by atoms with van der Waals surface area (Å²) in [6.45, 7) is 2.36. The van der Waals surface area contributed by atoms with Crippen LogP contribution in [0.25, 0.3) is 0 Å². The average molecular weight is 238 g/mol. The molecule has 0 aliphatic carbocycles. The number of hydrogen-bond acceptors (Lipinski definition) is 3. The molecule has 0 aliphatic rings. The molecule has 2 aromatic rings. The molecular weight excluding hydrogens is 226 g/mol. The van der Waals surface area contributed by atoms with E-state index in [4.69, 9.17) is 22.1 Å². The number of H-pyrrole nitrogens is 1. The topological polar surface area (TPSA) is 63.9 Å². The van der Waals surface area contributed by atoms with Gasteiger partial charge in [-0.15, -0.1) is 5.10 Å². The van der Waals surface area contributed by atoms with Gasteiger partial charge < -0.3 is 10.5 Å². The van der Waals surface area contributed by atoms with Gasteiger partial charge in [0.1, 0.15) is 5.75 Å². The summed E-state index contributed by atoms with van der Waals surface area (Å²) in [4.78, 5) is 0. The maximum atomic E-state index is 6.05. The van der Waals surface area contributed by atoms with E-state index in [2.05, 4.69) is 10.2 Å². The van der Waals surface area contributed by atoms with E-state index >= 15 is 0 Å². The maximum Gasteiger partial charge on any atom is 0.238 e. The smallest absolute Gasteiger partial charge is 0.238 e. The Hall–Kier alpha value is -1.52. The van der Waals surface area contributed by atoms with Gasteiger partial charge in [-0.2, -0.15) is 0 Å². The first-order chi connectivity index (χ1) is 7.69. The predicted octanol–water partition coefficient (Wildman–Crippen LogP) is 2.62. The molecule has 3 N–H and O–H groups in total. The number of nitrogens with zero attached hydrogens (tertiary/aromatic N) is 1. The minimum atomic E-state index is 0.460. The Morgan fingerprint density at radius 2 is 2.25 bits per heavy atom. The quantitative estimate of drug-likeness (QED) is 0.863. The fraction of sp³-hybridized carbons (Fsp3) is 0.182. The van der Waals surface area contributed by atoms with Gasteiger partial charge in [-0.3, -0.25) is 5.10 Å². The standard InChI is InChI=1S/C11H12ClN3O/c1-7-4-11(15-14-7)16-10-3-2-8(6-13)5-9(10)12/h2-5H,6,13H2,1H3,(H,14,15). The molecule has 1 aromatic carbocycles. The van der Waals surface area contributed by atoms with E-state index in [9.17, 15) is 0 Å². The van der Waals surface area contributed by atoms with Gasteiger partial charge in [0.2, 0.25) is 5.88 Å². The van der Waals surface area contributed by atoms with Crippen LogP contribution in [0.3, 0.4) is 0 Å². The molecule has 0 aliphatic heterocycles. The third-order valence-corrected chi connectivity index (χ3v) is 2.42. The van der Waals surface area contributed by atoms with Gasteiger partial charge in [-0.1, -0.05) is 17.7 Å². The number of aromatic nitrogens is 2. The number of aromatic amines is 1. The lowest BCUT2D eigenvalue weighted by Crippen LogP contribution is -1.96. The van der Waals surface area contributed by atoms with Crippen molar-refractivity contribution in [1.29, 1.82) is 0 Å². The van der Waals surface area contributed by atoms with Gasteiger partial charge in [0.15, 0.2) is 0 Å². The molecule has 5 heteroatoms. The fourth-order valence-corrected chi connectivity index (χ4v) is 1.55. The molecule has 0 atom stereocenters. The van der Waals surface area contributed by atoms with Gasteiger partial charge in [0, 0.05) is 18.3 Å². The van der Waals surface area contributed by atoms with Crippen LogP contribution in [-0.4, -0.2) is 10.2 Å². The molecule has 0 saturated heterocycles. The first-order valence-electron chi connectivity index (χ1n) is 4.87. The van der Waals surface area contributed by atoms with Crippen molar-refractivity contribution in [3.05, 3.63) is 40.5 Å². The van der Waals surface area contributed by atoms with Crippen LogP contribution in [0.1, 0.15) is 11.3 Å². The number of rotatable bonds is 3. The highest BCUT2D eigenvalue weighted by Crippen LogP contribution is 2.29. The number of aryl methyl sites for hydroxylation is 1. The maximum absolute atomic E-state index is 6.05. The number of nitrogens with two attached hydrogens (primary N) is 1. The summed E-state index contributed by atoms with van der Waals surface area (Å²) in [5, 5.41) is 7.29. The molecule has 0 unspecified atom stereocenters. The average Bonchev–Trinajstić information content (AvgIpc) is 2.67. The molecule has 0 radical (unpaired) electrons. The lowest BCUT2D eigenvalue weighted by atomic mass is 10.2. The highest BCUT2D eigenvalue weighted by atomic mass is 35.5. The minimum Gasteiger partial charge on any atom is -0.436 e. The van der Waals surface area contributed by atoms with Crippen LogP contribution in [0.4, 0.5) is 0 Å². The van der Waals surface area contributed by atoms with Crippen molar-refractivity contribution in [3.63, 3.8) is 0 Å². The van der Waals surface area contributed by atoms with E-state index in [0.29, 0.717) is 23.2 Å². The molecule has 84 valence electrons. The largest absolute Gasteiger partial charge is 0.436 e. The van der Waals surface area contributed by atoms with E-state index < -0.39 is 0 Å². The summed E-state index contributed by atoms with van der Waals surface area (Å²) in [6.07, 6.45) is 0. The molecular formula is C11H12ClN3O. The number of hydrogen-bond donors (Lipinski definition) is 2. The molecule has 0 amide bonds. The number of halogens is 1. The summed E-state index contributed by atoms with van der Waals surface area (Å²) in [6, 6.07) is 7.25. The van der Waals surface area contributed by atoms with Gasteiger partial charge in [-0.25, -0.2) is 0 Å². The summed E-state index contributed by atoms with van der Waals surface area (Å²) in [5.74, 6) is 1.07. The molecule has 4 nitrogen and oxygen atoms in total. The second-order valence-corrected chi connectivity index (χ2v) is 3.87. The second kappa shape index (κ2) is 4.55. The summed E-state index contributed by atoms with van der Waals surface area (Å²) in [7, 11) is 0. The summed E-state index contributed by atoms with van der Waals surface area (Å²) < 4.78 is 5.51. The molecule has 1 heterocycles. The Kier molecular flexibility index (Phi) is 3.12. The third kappa shape index (κ3) is 2.35. The predicted molar refractivity (Wildman–Crippen MR) is 62.7 cm³/mol. The lowest BCUT2D eigenvalue weighted by Gasteiger charge is -2.05. The van der Waals surface area contributed by atoms with Crippen molar-refractivity contribution >= 4 is 11.6 Å². The fourth-order valence-electron chi connectivity index (χ4n) is 1.31. The van der Waals surface area contributed by atoms with Crippen molar-refractivity contribution in [3.8, 4) is 11.6 Å². The molecule has 0 saturated carbocycles. The van der Waals surface area contributed by atoms with Crippen molar-refractivity contribution in [2.75, 3.05) is 0 Å². The van der Waals surface area contributed by atoms with Crippen LogP contribution in [0.5, 0.6) is 11.6 Å². The van der Waals surface area contributed by atoms with Crippen molar-refractivity contribution in [1.82, 2.24) is 10.2 Å². The van der Waals surface area contributed by atoms with E-state index in [1.165, 1.54) is 0 Å². The van der Waals surface area contributed by atoms with Crippen LogP contribution in [0.2, 0.25) is 5.02 Å². The third-order valence-electron chi connectivity index (χ3n) is 2.13. The highest BCUT2D eigenvalue weighted by Gasteiger charge is 2.05. The SMILES string of the molecule is Cc1cc(Oc2ccc(CN)cc2Cl)n[nH]1. The molecule has 2 rings (SSSR count). The van der Waals surface area contributed by atoms with E-state index in [0.717, 1.165) is 11.3 Å². The normalized spacial score (nSPS) is 10.4. The molecule has 0 bridgehead atoms. The summed E-state index contributed by atoms with van der Waals surface area (Å²) >= 11 is 6.05. The Balaban J connectivity index is 2.21. The number of benzene rings is 1. The highest BCUT2D eigenvalue weighted by molar-refractivity contribution is 6.32. The van der Waals surface area contributed by atoms with Crippen LogP contribution in [0.15, 0.2) is 24.3 Å². The van der Waals surface area contributed by atoms with Crippen LogP contribution < -0.4 is 10.5 Å². The Morgan fingerprint density at radius 1 is 1.44 bits per heavy atom. The molecule has 1 aromatic heterocycles. The van der Waals surface area contributed by atoms with E-state index in [-0.39, 0.29) is 0 Å². The zero-order chi connectivity index (χ0) is 11.5. The van der Waals surface area contributed by atoms with Gasteiger partial charge in [0.05, 0.1) is 5.02 Å². The van der Waals surface area contributed by atoms with Gasteiger partial charge in [0.25, 0.3) is 0 Å². The van der Waals surface area contributed by atoms with Crippen molar-refractivity contribution in [2.24, 2.45) is 5.73 Å². The van der Waals surface area contributed by atoms with E-state index in [1.54, 1.807) is 18.2 Å². The Morgan fingerprint density at radius 3 is 2.81 bits per heavy atom. The lowest BCUT2D eigenvalue weighted by molar-refractivity contribution is 0.461. The van der Waals surface area contributed by atoms with E-state index in [1.807, 2.05) is 13.0 Å². The number of nitrogens with one attached hydrogen (secondary N) is 1. The molecule has 0 fully saturated rings. The van der Waals surface area contributed by atoms with Crippen LogP contribution >= 0.6 is 11.6 Å². The minimum absolute atomic E-state index is 0.460. The van der Waals surface area contributed by atoms with Crippen molar-refractivity contribution < 1.29 is 4.74 Å². The zero-order valence-electron chi connectivity index (χ0n) is 8.83. The van der Waals surface area contributed by atoms with Gasteiger partial charge >= 0.3 is 0 Å². The van der Waals surface area contributed by atoms with Crippen LogP contribution in [0, 0.1) is 6.92 Å². The number of ether oxygens (including phenoxy) is 1. The van der Waals surface area contributed by atoms with Crippen molar-refractivity contribution in [2.45, 2.75) is 13.5 Å². The van der Waals surface area contributed by atoms with Gasteiger partial charge in [-0.05, 0) is 24.6 Å².